The van der Waals surface area contributed by atoms with Gasteiger partial charge in [-0.2, -0.15) is 0 Å². The first-order chi connectivity index (χ1) is 23.3. The molecule has 222 valence electrons. The second-order valence-electron chi connectivity index (χ2n) is 11.6. The highest BCUT2D eigenvalue weighted by Gasteiger charge is 2.17. The molecule has 4 heteroatoms. The van der Waals surface area contributed by atoms with Crippen molar-refractivity contribution in [2.45, 2.75) is 0 Å². The molecule has 0 radical (unpaired) electrons. The van der Waals surface area contributed by atoms with Gasteiger partial charge < -0.3 is 9.32 Å². The molecule has 0 amide bonds. The van der Waals surface area contributed by atoms with Crippen LogP contribution in [-0.2, 0) is 0 Å². The van der Waals surface area contributed by atoms with Crippen molar-refractivity contribution in [2.75, 3.05) is 4.90 Å². The Hall–Kier alpha value is -5.97. The van der Waals surface area contributed by atoms with Gasteiger partial charge in [-0.1, -0.05) is 109 Å². The quantitative estimate of drug-likeness (QED) is 0.185. The van der Waals surface area contributed by atoms with Crippen molar-refractivity contribution in [1.82, 2.24) is 4.98 Å². The summed E-state index contributed by atoms with van der Waals surface area (Å²) in [5.41, 5.74) is 11.9. The molecule has 0 bridgehead atoms. The molecule has 0 N–H and O–H groups in total. The largest absolute Gasteiger partial charge is 0.456 e. The maximum Gasteiger partial charge on any atom is 0.137 e. The number of benzene rings is 7. The normalized spacial score (nSPS) is 11.4. The average Bonchev–Trinajstić information content (AvgIpc) is 3.75. The van der Waals surface area contributed by atoms with Crippen LogP contribution in [0.25, 0.3) is 65.0 Å². The Kier molecular flexibility index (Phi) is 6.65. The summed E-state index contributed by atoms with van der Waals surface area (Å²) in [7, 11) is 0. The number of fused-ring (bicyclic) bond motifs is 5. The monoisotopic (exact) mass is 620 g/mol. The number of thiazole rings is 1. The molecule has 0 fully saturated rings. The van der Waals surface area contributed by atoms with Crippen LogP contribution in [0.15, 0.2) is 174 Å². The predicted molar refractivity (Wildman–Crippen MR) is 198 cm³/mol. The number of para-hydroxylation sites is 1. The van der Waals surface area contributed by atoms with Gasteiger partial charge in [0.05, 0.1) is 10.2 Å². The number of furan rings is 1. The molecule has 2 aromatic heterocycles. The lowest BCUT2D eigenvalue weighted by Crippen LogP contribution is -2.09. The third-order valence-corrected chi connectivity index (χ3v) is 9.85. The fourth-order valence-electron chi connectivity index (χ4n) is 6.39. The van der Waals surface area contributed by atoms with Crippen LogP contribution >= 0.6 is 11.3 Å². The van der Waals surface area contributed by atoms with Gasteiger partial charge in [-0.15, -0.1) is 11.3 Å². The molecular formula is C43H28N2OS. The second-order valence-corrected chi connectivity index (χ2v) is 12.6. The van der Waals surface area contributed by atoms with Gasteiger partial charge in [0, 0.05) is 33.4 Å². The molecule has 47 heavy (non-hydrogen) atoms. The molecule has 0 saturated heterocycles. The Bertz CT molecular complexity index is 2480. The van der Waals surface area contributed by atoms with Crippen molar-refractivity contribution in [2.24, 2.45) is 0 Å². The van der Waals surface area contributed by atoms with Crippen molar-refractivity contribution in [1.29, 1.82) is 0 Å². The molecule has 0 aliphatic rings. The first kappa shape index (κ1) is 27.3. The number of anilines is 3. The van der Waals surface area contributed by atoms with E-state index in [1.807, 2.05) is 12.1 Å². The van der Waals surface area contributed by atoms with Crippen LogP contribution in [0.5, 0.6) is 0 Å². The SMILES string of the molecule is c1ccc(-c2ccc(N(c3ccccc3)c3ccc(-c4ccc5oc6ccc7nc(-c8ccccc8)sc7c6c5c4)cc3)cc2)cc1. The lowest BCUT2D eigenvalue weighted by molar-refractivity contribution is 0.669. The molecule has 7 aromatic carbocycles. The zero-order valence-electron chi connectivity index (χ0n) is 25.4. The zero-order chi connectivity index (χ0) is 31.2. The fraction of sp³-hybridized carbons (Fsp3) is 0. The summed E-state index contributed by atoms with van der Waals surface area (Å²) in [6.45, 7) is 0. The second kappa shape index (κ2) is 11.4. The number of rotatable bonds is 6. The molecule has 3 nitrogen and oxygen atoms in total. The van der Waals surface area contributed by atoms with Crippen LogP contribution in [0.4, 0.5) is 17.1 Å². The van der Waals surface area contributed by atoms with Crippen LogP contribution < -0.4 is 4.90 Å². The van der Waals surface area contributed by atoms with Crippen LogP contribution in [0.2, 0.25) is 0 Å². The molecule has 0 spiro atoms. The first-order valence-electron chi connectivity index (χ1n) is 15.7. The van der Waals surface area contributed by atoms with Crippen molar-refractivity contribution >= 4 is 60.6 Å². The minimum atomic E-state index is 0.886. The molecule has 2 heterocycles. The maximum absolute atomic E-state index is 6.32. The summed E-state index contributed by atoms with van der Waals surface area (Å²) in [5.74, 6) is 0. The van der Waals surface area contributed by atoms with Gasteiger partial charge in [0.2, 0.25) is 0 Å². The minimum absolute atomic E-state index is 0.886. The molecule has 9 rings (SSSR count). The Labute approximate surface area is 276 Å². The van der Waals surface area contributed by atoms with E-state index in [0.29, 0.717) is 0 Å². The number of hydrogen-bond donors (Lipinski definition) is 0. The van der Waals surface area contributed by atoms with Gasteiger partial charge in [-0.05, 0) is 82.9 Å². The summed E-state index contributed by atoms with van der Waals surface area (Å²) in [6.07, 6.45) is 0. The van der Waals surface area contributed by atoms with Gasteiger partial charge in [0.15, 0.2) is 0 Å². The molecule has 0 saturated carbocycles. The van der Waals surface area contributed by atoms with Crippen molar-refractivity contribution in [3.63, 3.8) is 0 Å². The molecule has 9 aromatic rings. The summed E-state index contributed by atoms with van der Waals surface area (Å²) < 4.78 is 7.48. The smallest absolute Gasteiger partial charge is 0.137 e. The van der Waals surface area contributed by atoms with E-state index in [0.717, 1.165) is 70.9 Å². The van der Waals surface area contributed by atoms with Crippen LogP contribution in [0.3, 0.4) is 0 Å². The van der Waals surface area contributed by atoms with Gasteiger partial charge in [-0.3, -0.25) is 0 Å². The number of hydrogen-bond acceptors (Lipinski definition) is 4. The van der Waals surface area contributed by atoms with Gasteiger partial charge in [0.1, 0.15) is 16.2 Å². The van der Waals surface area contributed by atoms with E-state index in [1.165, 1.54) is 11.1 Å². The summed E-state index contributed by atoms with van der Waals surface area (Å²) in [4.78, 5) is 7.27. The highest BCUT2D eigenvalue weighted by atomic mass is 32.1. The van der Waals surface area contributed by atoms with E-state index in [1.54, 1.807) is 11.3 Å². The van der Waals surface area contributed by atoms with E-state index < -0.39 is 0 Å². The van der Waals surface area contributed by atoms with Crippen molar-refractivity contribution in [3.05, 3.63) is 170 Å². The van der Waals surface area contributed by atoms with Crippen LogP contribution in [0.1, 0.15) is 0 Å². The Morgan fingerprint density at radius 2 is 0.957 bits per heavy atom. The van der Waals surface area contributed by atoms with E-state index in [4.69, 9.17) is 9.40 Å². The third-order valence-electron chi connectivity index (χ3n) is 8.71. The highest BCUT2D eigenvalue weighted by Crippen LogP contribution is 2.42. The molecule has 0 unspecified atom stereocenters. The Morgan fingerprint density at radius 3 is 1.62 bits per heavy atom. The maximum atomic E-state index is 6.32. The number of aromatic nitrogens is 1. The van der Waals surface area contributed by atoms with E-state index in [9.17, 15) is 0 Å². The lowest BCUT2D eigenvalue weighted by atomic mass is 10.0. The zero-order valence-corrected chi connectivity index (χ0v) is 26.2. The van der Waals surface area contributed by atoms with E-state index in [2.05, 4.69) is 163 Å². The number of nitrogens with zero attached hydrogens (tertiary/aromatic N) is 2. The third kappa shape index (κ3) is 4.96. The standard InChI is InChI=1S/C43H28N2OS/c1-4-10-29(11-5-1)30-16-21-35(22-17-30)45(34-14-8-3-9-15-34)36-23-18-31(19-24-36)33-20-26-39-37(28-33)41-40(46-39)27-25-38-42(41)47-43(44-38)32-12-6-2-7-13-32/h1-28H. The molecule has 0 aliphatic heterocycles. The van der Waals surface area contributed by atoms with Crippen molar-refractivity contribution < 1.29 is 4.42 Å². The van der Waals surface area contributed by atoms with E-state index in [-0.39, 0.29) is 0 Å². The van der Waals surface area contributed by atoms with Crippen LogP contribution in [-0.4, -0.2) is 4.98 Å². The Balaban J connectivity index is 1.09. The van der Waals surface area contributed by atoms with Gasteiger partial charge in [0.25, 0.3) is 0 Å². The molecular weight excluding hydrogens is 593 g/mol. The summed E-state index contributed by atoms with van der Waals surface area (Å²) in [6, 6.07) is 59.7. The van der Waals surface area contributed by atoms with Gasteiger partial charge in [-0.25, -0.2) is 4.98 Å². The Morgan fingerprint density at radius 1 is 0.447 bits per heavy atom. The highest BCUT2D eigenvalue weighted by molar-refractivity contribution is 7.22. The fourth-order valence-corrected chi connectivity index (χ4v) is 7.51. The lowest BCUT2D eigenvalue weighted by Gasteiger charge is -2.26. The predicted octanol–water partition coefficient (Wildman–Crippen LogP) is 12.7. The van der Waals surface area contributed by atoms with Gasteiger partial charge >= 0.3 is 0 Å². The summed E-state index contributed by atoms with van der Waals surface area (Å²) >= 11 is 1.72. The van der Waals surface area contributed by atoms with Crippen LogP contribution in [0, 0.1) is 0 Å². The van der Waals surface area contributed by atoms with E-state index >= 15 is 0 Å². The van der Waals surface area contributed by atoms with Crippen molar-refractivity contribution in [3.8, 4) is 32.8 Å². The first-order valence-corrected chi connectivity index (χ1v) is 16.5. The molecule has 0 atom stereocenters. The minimum Gasteiger partial charge on any atom is -0.456 e. The average molecular weight is 621 g/mol. The molecule has 0 aliphatic carbocycles. The topological polar surface area (TPSA) is 29.3 Å². The summed E-state index contributed by atoms with van der Waals surface area (Å²) in [5, 5.41) is 3.26.